The zero-order valence-corrected chi connectivity index (χ0v) is 12.8. The van der Waals surface area contributed by atoms with E-state index in [1.54, 1.807) is 35.7 Å². The molecule has 0 saturated heterocycles. The van der Waals surface area contributed by atoms with Gasteiger partial charge in [0, 0.05) is 34.2 Å². The largest absolute Gasteiger partial charge is 0.398 e. The Labute approximate surface area is 124 Å². The van der Waals surface area contributed by atoms with Gasteiger partial charge in [-0.05, 0) is 18.2 Å². The van der Waals surface area contributed by atoms with Crippen LogP contribution < -0.4 is 11.1 Å². The number of halogens is 1. The molecule has 19 heavy (non-hydrogen) atoms. The molecule has 0 aliphatic heterocycles. The summed E-state index contributed by atoms with van der Waals surface area (Å²) in [5.74, 6) is 0.0361. The summed E-state index contributed by atoms with van der Waals surface area (Å²) in [6, 6.07) is 5.23. The summed E-state index contributed by atoms with van der Waals surface area (Å²) >= 11 is 4.91. The lowest BCUT2D eigenvalue weighted by Crippen LogP contribution is -2.28. The second kappa shape index (κ2) is 6.16. The van der Waals surface area contributed by atoms with E-state index in [0.29, 0.717) is 17.8 Å². The number of carbonyl (C=O) groups excluding carboxylic acids is 1. The minimum absolute atomic E-state index is 0.159. The third-order valence-corrected chi connectivity index (χ3v) is 4.20. The summed E-state index contributed by atoms with van der Waals surface area (Å²) < 4.78 is 0.859. The number of hydrogen-bond acceptors (Lipinski definition) is 4. The number of nitrogens with one attached hydrogen (secondary N) is 1. The van der Waals surface area contributed by atoms with Gasteiger partial charge in [0.25, 0.3) is 5.91 Å². The lowest BCUT2D eigenvalue weighted by molar-refractivity contribution is 0.0952. The summed E-state index contributed by atoms with van der Waals surface area (Å²) in [5.41, 5.74) is 6.78. The van der Waals surface area contributed by atoms with Crippen molar-refractivity contribution in [3.8, 4) is 0 Å². The predicted octanol–water partition coefficient (Wildman–Crippen LogP) is 3.02. The molecule has 1 unspecified atom stereocenters. The Balaban J connectivity index is 1.98. The van der Waals surface area contributed by atoms with Crippen LogP contribution in [0.1, 0.15) is 28.2 Å². The number of nitrogen functional groups attached to an aromatic ring is 1. The van der Waals surface area contributed by atoms with Crippen molar-refractivity contribution in [3.05, 3.63) is 44.8 Å². The lowest BCUT2D eigenvalue weighted by atomic mass is 10.1. The van der Waals surface area contributed by atoms with Crippen molar-refractivity contribution in [1.29, 1.82) is 0 Å². The Morgan fingerprint density at radius 3 is 3.00 bits per heavy atom. The third kappa shape index (κ3) is 3.54. The Hall–Kier alpha value is -1.40. The van der Waals surface area contributed by atoms with E-state index >= 15 is 0 Å². The molecule has 2 rings (SSSR count). The van der Waals surface area contributed by atoms with Crippen molar-refractivity contribution in [3.63, 3.8) is 0 Å². The molecule has 1 amide bonds. The average Bonchev–Trinajstić information content (AvgIpc) is 2.89. The van der Waals surface area contributed by atoms with Gasteiger partial charge in [-0.1, -0.05) is 22.9 Å². The zero-order valence-electron chi connectivity index (χ0n) is 10.4. The van der Waals surface area contributed by atoms with Gasteiger partial charge < -0.3 is 11.1 Å². The first kappa shape index (κ1) is 14.0. The number of amides is 1. The average molecular weight is 340 g/mol. The van der Waals surface area contributed by atoms with Crippen molar-refractivity contribution in [2.24, 2.45) is 0 Å². The van der Waals surface area contributed by atoms with Crippen LogP contribution in [0.2, 0.25) is 0 Å². The molecule has 4 nitrogen and oxygen atoms in total. The molecule has 0 aliphatic rings. The van der Waals surface area contributed by atoms with E-state index in [0.717, 1.165) is 9.48 Å². The highest BCUT2D eigenvalue weighted by Crippen LogP contribution is 2.19. The van der Waals surface area contributed by atoms with E-state index < -0.39 is 0 Å². The fourth-order valence-corrected chi connectivity index (χ4v) is 2.72. The summed E-state index contributed by atoms with van der Waals surface area (Å²) in [5, 5.41) is 5.83. The zero-order chi connectivity index (χ0) is 13.8. The SMILES string of the molecule is CC(CNC(=O)c1ccc(Br)cc1N)c1nccs1. The smallest absolute Gasteiger partial charge is 0.253 e. The van der Waals surface area contributed by atoms with Crippen molar-refractivity contribution in [2.75, 3.05) is 12.3 Å². The molecule has 100 valence electrons. The minimum atomic E-state index is -0.159. The molecule has 0 spiro atoms. The number of nitrogens with zero attached hydrogens (tertiary/aromatic N) is 1. The molecule has 1 heterocycles. The number of rotatable bonds is 4. The van der Waals surface area contributed by atoms with Gasteiger partial charge in [-0.2, -0.15) is 0 Å². The van der Waals surface area contributed by atoms with E-state index in [1.807, 2.05) is 12.3 Å². The van der Waals surface area contributed by atoms with Gasteiger partial charge in [0.15, 0.2) is 0 Å². The molecular weight excluding hydrogens is 326 g/mol. The number of nitrogens with two attached hydrogens (primary N) is 1. The first-order chi connectivity index (χ1) is 9.08. The topological polar surface area (TPSA) is 68.0 Å². The molecule has 0 aliphatic carbocycles. The number of aromatic nitrogens is 1. The van der Waals surface area contributed by atoms with Gasteiger partial charge in [0.1, 0.15) is 0 Å². The number of carbonyl (C=O) groups is 1. The van der Waals surface area contributed by atoms with Crippen LogP contribution in [0, 0.1) is 0 Å². The van der Waals surface area contributed by atoms with E-state index in [2.05, 4.69) is 26.2 Å². The fraction of sp³-hybridized carbons (Fsp3) is 0.231. The quantitative estimate of drug-likeness (QED) is 0.841. The van der Waals surface area contributed by atoms with Gasteiger partial charge in [-0.25, -0.2) is 4.98 Å². The van der Waals surface area contributed by atoms with E-state index in [4.69, 9.17) is 5.73 Å². The lowest BCUT2D eigenvalue weighted by Gasteiger charge is -2.11. The monoisotopic (exact) mass is 339 g/mol. The first-order valence-corrected chi connectivity index (χ1v) is 7.48. The minimum Gasteiger partial charge on any atom is -0.398 e. The molecule has 0 saturated carbocycles. The number of benzene rings is 1. The second-order valence-corrected chi connectivity index (χ2v) is 6.05. The standard InChI is InChI=1S/C13H14BrN3OS/c1-8(13-16-4-5-19-13)7-17-12(18)10-3-2-9(14)6-11(10)15/h2-6,8H,7,15H2,1H3,(H,17,18). The van der Waals surface area contributed by atoms with Crippen LogP contribution >= 0.6 is 27.3 Å². The van der Waals surface area contributed by atoms with Gasteiger partial charge in [-0.3, -0.25) is 4.79 Å². The Morgan fingerprint density at radius 1 is 1.58 bits per heavy atom. The maximum atomic E-state index is 12.0. The highest BCUT2D eigenvalue weighted by Gasteiger charge is 2.13. The molecular formula is C13H14BrN3OS. The molecule has 3 N–H and O–H groups in total. The molecule has 0 bridgehead atoms. The van der Waals surface area contributed by atoms with Crippen LogP contribution in [0.15, 0.2) is 34.2 Å². The van der Waals surface area contributed by atoms with E-state index in [-0.39, 0.29) is 11.8 Å². The van der Waals surface area contributed by atoms with Gasteiger partial charge >= 0.3 is 0 Å². The number of hydrogen-bond donors (Lipinski definition) is 2. The fourth-order valence-electron chi connectivity index (χ4n) is 1.65. The summed E-state index contributed by atoms with van der Waals surface area (Å²) in [4.78, 5) is 16.3. The molecule has 1 atom stereocenters. The molecule has 2 aromatic rings. The first-order valence-electron chi connectivity index (χ1n) is 5.80. The number of anilines is 1. The van der Waals surface area contributed by atoms with Crippen LogP contribution in [-0.2, 0) is 0 Å². The summed E-state index contributed by atoms with van der Waals surface area (Å²) in [7, 11) is 0. The molecule has 0 fully saturated rings. The van der Waals surface area contributed by atoms with Crippen molar-refractivity contribution in [1.82, 2.24) is 10.3 Å². The predicted molar refractivity (Wildman–Crippen MR) is 81.4 cm³/mol. The molecule has 0 radical (unpaired) electrons. The van der Waals surface area contributed by atoms with Crippen molar-refractivity contribution in [2.45, 2.75) is 12.8 Å². The van der Waals surface area contributed by atoms with E-state index in [9.17, 15) is 4.79 Å². The summed E-state index contributed by atoms with van der Waals surface area (Å²) in [6.45, 7) is 2.58. The van der Waals surface area contributed by atoms with Crippen LogP contribution in [-0.4, -0.2) is 17.4 Å². The van der Waals surface area contributed by atoms with Gasteiger partial charge in [0.2, 0.25) is 0 Å². The molecule has 1 aromatic heterocycles. The Morgan fingerprint density at radius 2 is 2.37 bits per heavy atom. The highest BCUT2D eigenvalue weighted by molar-refractivity contribution is 9.10. The van der Waals surface area contributed by atoms with Crippen LogP contribution in [0.3, 0.4) is 0 Å². The van der Waals surface area contributed by atoms with E-state index in [1.165, 1.54) is 0 Å². The normalized spacial score (nSPS) is 12.1. The van der Waals surface area contributed by atoms with Crippen molar-refractivity contribution < 1.29 is 4.79 Å². The summed E-state index contributed by atoms with van der Waals surface area (Å²) in [6.07, 6.45) is 1.77. The van der Waals surface area contributed by atoms with Gasteiger partial charge in [0.05, 0.1) is 10.6 Å². The maximum absolute atomic E-state index is 12.0. The maximum Gasteiger partial charge on any atom is 0.253 e. The van der Waals surface area contributed by atoms with Crippen LogP contribution in [0.5, 0.6) is 0 Å². The third-order valence-electron chi connectivity index (χ3n) is 2.70. The number of thiazole rings is 1. The second-order valence-electron chi connectivity index (χ2n) is 4.21. The van der Waals surface area contributed by atoms with Crippen molar-refractivity contribution >= 4 is 38.9 Å². The Bertz CT molecular complexity index is 571. The van der Waals surface area contributed by atoms with Gasteiger partial charge in [-0.15, -0.1) is 11.3 Å². The molecule has 1 aromatic carbocycles. The van der Waals surface area contributed by atoms with Crippen LogP contribution in [0.25, 0.3) is 0 Å². The highest BCUT2D eigenvalue weighted by atomic mass is 79.9. The van der Waals surface area contributed by atoms with Crippen LogP contribution in [0.4, 0.5) is 5.69 Å². The molecule has 6 heteroatoms. The Kier molecular flexibility index (Phi) is 4.55.